The Kier molecular flexibility index (Phi) is 2.27. The van der Waals surface area contributed by atoms with E-state index in [1.54, 1.807) is 24.3 Å². The molecule has 0 aliphatic rings. The van der Waals surface area contributed by atoms with Gasteiger partial charge in [0.25, 0.3) is 0 Å². The van der Waals surface area contributed by atoms with Gasteiger partial charge in [-0.3, -0.25) is 0 Å². The van der Waals surface area contributed by atoms with Crippen LogP contribution in [0.25, 0.3) is 33.7 Å². The molecule has 0 unspecified atom stereocenters. The minimum Gasteiger partial charge on any atom is -0.349 e. The third-order valence-electron chi connectivity index (χ3n) is 3.64. The predicted molar refractivity (Wildman–Crippen MR) is 69.8 cm³/mol. The van der Waals surface area contributed by atoms with E-state index in [0.717, 1.165) is 0 Å². The number of aromatic nitrogens is 4. The van der Waals surface area contributed by atoms with Gasteiger partial charge in [-0.15, -0.1) is 0 Å². The van der Waals surface area contributed by atoms with E-state index in [1.165, 1.54) is 24.3 Å². The first-order valence-corrected chi connectivity index (χ1v) is 6.46. The molecule has 0 fully saturated rings. The molecule has 0 aliphatic heterocycles. The third-order valence-corrected chi connectivity index (χ3v) is 3.64. The zero-order chi connectivity index (χ0) is 15.4. The first kappa shape index (κ1) is 12.3. The Bertz CT molecular complexity index is 872. The first-order chi connectivity index (χ1) is 10.6. The Hall–Kier alpha value is -3.42. The Balaban J connectivity index is 2.17. The maximum absolute atomic E-state index is 12.4. The molecule has 4 rings (SSSR count). The summed E-state index contributed by atoms with van der Waals surface area (Å²) >= 11 is 0. The number of fused-ring (bicyclic) bond motifs is 2. The lowest BCUT2D eigenvalue weighted by molar-refractivity contribution is -0.934. The van der Waals surface area contributed by atoms with Crippen LogP contribution in [0.2, 0.25) is 0 Å². The molecule has 2 N–H and O–H groups in total. The quantitative estimate of drug-likeness (QED) is 0.399. The number of para-hydroxylation sites is 4. The van der Waals surface area contributed by atoms with Gasteiger partial charge in [-0.25, -0.2) is 0 Å². The van der Waals surface area contributed by atoms with Gasteiger partial charge in [-0.1, -0.05) is 34.7 Å². The van der Waals surface area contributed by atoms with Crippen LogP contribution in [0.3, 0.4) is 0 Å². The molecule has 8 nitrogen and oxygen atoms in total. The summed E-state index contributed by atoms with van der Waals surface area (Å²) in [5, 5.41) is 45.2. The molecular weight excluding hydrogens is 288 g/mol. The summed E-state index contributed by atoms with van der Waals surface area (Å²) < 4.78 is 2.00. The average molecular weight is 298 g/mol. The fourth-order valence-corrected chi connectivity index (χ4v) is 2.63. The van der Waals surface area contributed by atoms with Gasteiger partial charge < -0.3 is 10.4 Å². The van der Waals surface area contributed by atoms with Crippen LogP contribution < -0.4 is 9.46 Å². The van der Waals surface area contributed by atoms with Crippen molar-refractivity contribution in [3.8, 4) is 11.6 Å². The second-order valence-corrected chi connectivity index (χ2v) is 4.84. The topological polar surface area (TPSA) is 97.9 Å². The van der Waals surface area contributed by atoms with Gasteiger partial charge in [-0.05, 0) is 33.7 Å². The van der Waals surface area contributed by atoms with E-state index in [9.17, 15) is 20.8 Å². The highest BCUT2D eigenvalue weighted by atomic mass is 16.5. The number of benzene rings is 2. The normalized spacial score (nSPS) is 11.5. The largest absolute Gasteiger partial charge is 0.464 e. The molecule has 108 valence electrons. The third kappa shape index (κ3) is 1.35. The number of nitrogens with zero attached hydrogens (tertiary/aromatic N) is 4. The van der Waals surface area contributed by atoms with Gasteiger partial charge in [0.05, 0.1) is 0 Å². The molecule has 4 aromatic rings. The van der Waals surface area contributed by atoms with E-state index in [4.69, 9.17) is 0 Å². The predicted octanol–water partition coefficient (Wildman–Crippen LogP) is 0.700. The number of hydrogen-bond donors (Lipinski definition) is 2. The molecule has 0 amide bonds. The van der Waals surface area contributed by atoms with Crippen LogP contribution in [-0.4, -0.2) is 19.9 Å². The zero-order valence-corrected chi connectivity index (χ0v) is 11.1. The van der Waals surface area contributed by atoms with E-state index in [0.29, 0.717) is 18.9 Å². The minimum absolute atomic E-state index is 0.185. The molecule has 0 spiro atoms. The molecule has 0 saturated carbocycles. The molecule has 0 bridgehead atoms. The van der Waals surface area contributed by atoms with Crippen LogP contribution in [0.15, 0.2) is 48.5 Å². The van der Waals surface area contributed by atoms with Gasteiger partial charge in [-0.2, -0.15) is 0 Å². The molecule has 8 heteroatoms. The Morgan fingerprint density at radius 2 is 1.05 bits per heavy atom. The fourth-order valence-electron chi connectivity index (χ4n) is 2.63. The lowest BCUT2D eigenvalue weighted by Crippen LogP contribution is -2.38. The standard InChI is InChI=1S/C14H10N4O4/c19-15-9-5-1-2-6-10(9)16(20)13(15)14-17(21)11-7-3-4-8-12(11)18(14)22/h1-8,19,21H/q+2. The summed E-state index contributed by atoms with van der Waals surface area (Å²) in [4.78, 5) is 0. The second kappa shape index (κ2) is 4.04. The highest BCUT2D eigenvalue weighted by Gasteiger charge is 2.43. The number of hydrogen-bond acceptors (Lipinski definition) is 2. The Labute approximate surface area is 123 Å². The van der Waals surface area contributed by atoms with Crippen molar-refractivity contribution in [3.63, 3.8) is 0 Å². The average Bonchev–Trinajstić information content (AvgIpc) is 2.94. The first-order valence-electron chi connectivity index (χ1n) is 6.46. The van der Waals surface area contributed by atoms with Gasteiger partial charge in [0.2, 0.25) is 22.1 Å². The lowest BCUT2D eigenvalue weighted by Gasteiger charge is -1.88. The molecule has 2 radical (unpaired) electrons. The summed E-state index contributed by atoms with van der Waals surface area (Å²) in [5.41, 5.74) is 0.839. The summed E-state index contributed by atoms with van der Waals surface area (Å²) in [6.07, 6.45) is 0. The Morgan fingerprint density at radius 3 is 1.41 bits per heavy atom. The summed E-state index contributed by atoms with van der Waals surface area (Å²) in [6, 6.07) is 12.7. The summed E-state index contributed by atoms with van der Waals surface area (Å²) in [5.74, 6) is -0.732. The summed E-state index contributed by atoms with van der Waals surface area (Å²) in [7, 11) is 0. The fraction of sp³-hybridized carbons (Fsp3) is 0. The Morgan fingerprint density at radius 1 is 0.682 bits per heavy atom. The van der Waals surface area contributed by atoms with Crippen LogP contribution in [-0.2, 0) is 10.4 Å². The van der Waals surface area contributed by atoms with Crippen LogP contribution in [0.5, 0.6) is 0 Å². The van der Waals surface area contributed by atoms with Crippen molar-refractivity contribution in [2.45, 2.75) is 0 Å². The van der Waals surface area contributed by atoms with Crippen LogP contribution in [0, 0.1) is 0 Å². The molecule has 2 heterocycles. The highest BCUT2D eigenvalue weighted by Crippen LogP contribution is 2.22. The maximum atomic E-state index is 12.4. The van der Waals surface area contributed by atoms with E-state index in [2.05, 4.69) is 0 Å². The molecule has 2 aromatic heterocycles. The van der Waals surface area contributed by atoms with Crippen LogP contribution in [0.1, 0.15) is 0 Å². The van der Waals surface area contributed by atoms with E-state index < -0.39 is 0 Å². The molecule has 0 atom stereocenters. The minimum atomic E-state index is -0.366. The molecular formula is C14H10N4O4+2. The molecule has 22 heavy (non-hydrogen) atoms. The number of imidazole rings is 2. The van der Waals surface area contributed by atoms with Gasteiger partial charge in [0, 0.05) is 9.46 Å². The second-order valence-electron chi connectivity index (χ2n) is 4.84. The van der Waals surface area contributed by atoms with E-state index >= 15 is 0 Å². The summed E-state index contributed by atoms with van der Waals surface area (Å²) in [6.45, 7) is 0. The van der Waals surface area contributed by atoms with Crippen molar-refractivity contribution in [1.29, 1.82) is 0 Å². The van der Waals surface area contributed by atoms with E-state index in [-0.39, 0.29) is 33.7 Å². The molecule has 0 saturated heterocycles. The van der Waals surface area contributed by atoms with Gasteiger partial charge in [0.1, 0.15) is 0 Å². The van der Waals surface area contributed by atoms with Crippen LogP contribution in [0.4, 0.5) is 0 Å². The van der Waals surface area contributed by atoms with E-state index in [1.807, 2.05) is 0 Å². The van der Waals surface area contributed by atoms with Crippen molar-refractivity contribution in [3.05, 3.63) is 48.5 Å². The number of rotatable bonds is 1. The maximum Gasteiger partial charge on any atom is 0.464 e. The van der Waals surface area contributed by atoms with Crippen LogP contribution >= 0.6 is 0 Å². The smallest absolute Gasteiger partial charge is 0.349 e. The van der Waals surface area contributed by atoms with Crippen molar-refractivity contribution in [2.24, 2.45) is 0 Å². The van der Waals surface area contributed by atoms with Crippen molar-refractivity contribution >= 4 is 22.1 Å². The monoisotopic (exact) mass is 298 g/mol. The van der Waals surface area contributed by atoms with Crippen molar-refractivity contribution < 1.29 is 30.3 Å². The van der Waals surface area contributed by atoms with Gasteiger partial charge >= 0.3 is 11.6 Å². The van der Waals surface area contributed by atoms with Gasteiger partial charge in [0.15, 0.2) is 0 Å². The van der Waals surface area contributed by atoms with Crippen molar-refractivity contribution in [2.75, 3.05) is 0 Å². The molecule has 2 aromatic carbocycles. The molecule has 0 aliphatic carbocycles. The SMILES string of the molecule is [O][n+]1c(-c2n(O)c3ccccc3[n+]2[O])n(O)c2ccccc21. The highest BCUT2D eigenvalue weighted by molar-refractivity contribution is 5.77. The lowest BCUT2D eigenvalue weighted by atomic mass is 10.3. The van der Waals surface area contributed by atoms with Crippen molar-refractivity contribution in [1.82, 2.24) is 9.46 Å². The zero-order valence-electron chi connectivity index (χ0n) is 11.1.